The van der Waals surface area contributed by atoms with Crippen molar-refractivity contribution in [3.63, 3.8) is 0 Å². The molecule has 2 aromatic carbocycles. The summed E-state index contributed by atoms with van der Waals surface area (Å²) in [5.41, 5.74) is 5.34. The minimum atomic E-state index is -0.690. The number of unbranched alkanes of at least 4 members (excludes halogenated alkanes) is 1. The first-order valence-electron chi connectivity index (χ1n) is 21.6. The average Bonchev–Trinajstić information content (AvgIpc) is 4.11. The third kappa shape index (κ3) is 11.4. The van der Waals surface area contributed by atoms with Gasteiger partial charge in [-0.1, -0.05) is 18.2 Å². The van der Waals surface area contributed by atoms with Gasteiger partial charge in [-0.3, -0.25) is 14.6 Å². The molecule has 0 aliphatic carbocycles. The molecule has 4 amide bonds. The Morgan fingerprint density at radius 2 is 1.60 bits per heavy atom. The maximum atomic E-state index is 14.0. The van der Waals surface area contributed by atoms with Crippen molar-refractivity contribution in [3.8, 4) is 22.5 Å². The van der Waals surface area contributed by atoms with Crippen LogP contribution in [-0.4, -0.2) is 120 Å². The van der Waals surface area contributed by atoms with E-state index >= 15 is 0 Å². The van der Waals surface area contributed by atoms with Crippen LogP contribution in [0, 0.1) is 5.92 Å². The molecule has 0 radical (unpaired) electrons. The van der Waals surface area contributed by atoms with Crippen molar-refractivity contribution < 1.29 is 38.1 Å². The fraction of sp³-hybridized carbons (Fsp3) is 0.489. The first-order chi connectivity index (χ1) is 30.3. The molecule has 5 aromatic rings. The predicted molar refractivity (Wildman–Crippen MR) is 232 cm³/mol. The number of ether oxygens (including phenoxy) is 4. The number of rotatable bonds is 13. The summed E-state index contributed by atoms with van der Waals surface area (Å²) >= 11 is 0. The van der Waals surface area contributed by atoms with Gasteiger partial charge in [-0.05, 0) is 93.4 Å². The zero-order valence-corrected chi connectivity index (χ0v) is 35.5. The number of amides is 4. The second-order valence-corrected chi connectivity index (χ2v) is 15.8. The van der Waals surface area contributed by atoms with Crippen molar-refractivity contribution in [3.05, 3.63) is 66.5 Å². The molecule has 0 bridgehead atoms. The molecule has 17 nitrogen and oxygen atoms in total. The topological polar surface area (TPSA) is 215 Å². The van der Waals surface area contributed by atoms with Crippen LogP contribution in [0.3, 0.4) is 0 Å². The van der Waals surface area contributed by atoms with E-state index in [4.69, 9.17) is 24.2 Å². The number of aromatic nitrogens is 5. The number of benzene rings is 2. The zero-order chi connectivity index (χ0) is 43.3. The minimum absolute atomic E-state index is 0.0318. The van der Waals surface area contributed by atoms with Gasteiger partial charge in [0.25, 0.3) is 0 Å². The summed E-state index contributed by atoms with van der Waals surface area (Å²) in [6.07, 6.45) is 11.7. The Labute approximate surface area is 360 Å². The van der Waals surface area contributed by atoms with E-state index in [0.29, 0.717) is 39.1 Å². The molecule has 3 saturated heterocycles. The highest BCUT2D eigenvalue weighted by molar-refractivity contribution is 5.90. The number of carbonyl (C=O) groups is 4. The number of likely N-dealkylation sites (tertiary alicyclic amines) is 1. The highest BCUT2D eigenvalue weighted by Crippen LogP contribution is 2.35. The highest BCUT2D eigenvalue weighted by Gasteiger charge is 2.40. The SMILES string of the molecule is C1CCOCC1.COC(=O)NCC(=O)NCCCCc1ncc(-c2ccc3cc(-c4ccc5nc(C6CCCN6C(=O)C(NC(=O)OC)C6CCOCC6)[nH]c5c4)ncc3c2)[nH]1. The number of aromatic amines is 2. The van der Waals surface area contributed by atoms with Crippen LogP contribution < -0.4 is 16.0 Å². The van der Waals surface area contributed by atoms with Gasteiger partial charge in [-0.2, -0.15) is 0 Å². The molecule has 0 spiro atoms. The molecule has 8 rings (SSSR count). The van der Waals surface area contributed by atoms with Crippen molar-refractivity contribution >= 4 is 45.8 Å². The lowest BCUT2D eigenvalue weighted by Gasteiger charge is -2.34. The Morgan fingerprint density at radius 1 is 0.806 bits per heavy atom. The number of fused-ring (bicyclic) bond motifs is 2. The van der Waals surface area contributed by atoms with Crippen molar-refractivity contribution in [1.29, 1.82) is 0 Å². The summed E-state index contributed by atoms with van der Waals surface area (Å²) in [6, 6.07) is 13.4. The third-order valence-corrected chi connectivity index (χ3v) is 11.6. The number of aryl methyl sites for hydroxylation is 1. The quantitative estimate of drug-likeness (QED) is 0.0871. The van der Waals surface area contributed by atoms with E-state index in [0.717, 1.165) is 101 Å². The summed E-state index contributed by atoms with van der Waals surface area (Å²) in [5, 5.41) is 9.98. The third-order valence-electron chi connectivity index (χ3n) is 11.6. The first kappa shape index (κ1) is 44.0. The van der Waals surface area contributed by atoms with Gasteiger partial charge < -0.3 is 49.8 Å². The Balaban J connectivity index is 0.000000887. The van der Waals surface area contributed by atoms with Gasteiger partial charge in [0.2, 0.25) is 11.8 Å². The van der Waals surface area contributed by atoms with E-state index in [9.17, 15) is 19.2 Å². The molecule has 3 aliphatic heterocycles. The lowest BCUT2D eigenvalue weighted by molar-refractivity contribution is -0.136. The number of carbonyl (C=O) groups excluding carboxylic acids is 4. The van der Waals surface area contributed by atoms with Gasteiger partial charge >= 0.3 is 12.2 Å². The molecule has 3 aromatic heterocycles. The zero-order valence-electron chi connectivity index (χ0n) is 35.5. The van der Waals surface area contributed by atoms with E-state index in [-0.39, 0.29) is 30.3 Å². The van der Waals surface area contributed by atoms with Crippen LogP contribution in [0.4, 0.5) is 9.59 Å². The molecule has 0 saturated carbocycles. The van der Waals surface area contributed by atoms with Gasteiger partial charge in [0.1, 0.15) is 17.7 Å². The Hall–Kier alpha value is -6.07. The van der Waals surface area contributed by atoms with Crippen LogP contribution in [-0.2, 0) is 35.0 Å². The lowest BCUT2D eigenvalue weighted by atomic mass is 9.90. The fourth-order valence-corrected chi connectivity index (χ4v) is 8.18. The molecule has 6 heterocycles. The van der Waals surface area contributed by atoms with Crippen LogP contribution in [0.25, 0.3) is 44.3 Å². The number of nitrogens with one attached hydrogen (secondary N) is 5. The lowest BCUT2D eigenvalue weighted by Crippen LogP contribution is -2.53. The minimum Gasteiger partial charge on any atom is -0.453 e. The van der Waals surface area contributed by atoms with Crippen molar-refractivity contribution in [2.45, 2.75) is 76.3 Å². The monoisotopic (exact) mass is 851 g/mol. The van der Waals surface area contributed by atoms with E-state index < -0.39 is 18.2 Å². The Kier molecular flexibility index (Phi) is 15.4. The van der Waals surface area contributed by atoms with Crippen LogP contribution in [0.2, 0.25) is 0 Å². The molecule has 2 atom stereocenters. The smallest absolute Gasteiger partial charge is 0.407 e. The number of pyridine rings is 1. The number of H-pyrrole nitrogens is 2. The normalized spacial score (nSPS) is 17.2. The van der Waals surface area contributed by atoms with E-state index in [1.165, 1.54) is 33.5 Å². The van der Waals surface area contributed by atoms with E-state index in [2.05, 4.69) is 59.9 Å². The predicted octanol–water partition coefficient (Wildman–Crippen LogP) is 5.96. The maximum Gasteiger partial charge on any atom is 0.407 e. The van der Waals surface area contributed by atoms with Gasteiger partial charge in [-0.15, -0.1) is 0 Å². The number of hydrogen-bond donors (Lipinski definition) is 5. The van der Waals surface area contributed by atoms with Crippen molar-refractivity contribution in [2.75, 3.05) is 60.3 Å². The Bertz CT molecular complexity index is 2290. The fourth-order valence-electron chi connectivity index (χ4n) is 8.18. The van der Waals surface area contributed by atoms with Crippen LogP contribution >= 0.6 is 0 Å². The molecular weight excluding hydrogens is 795 g/mol. The standard InChI is InChI=1S/C40H47N9O7.C5H10O/c1-54-39(52)44-23-35(50)41-14-4-3-7-34-43-22-32(45-34)26-9-8-25-19-30(42-21-28(25)18-26)27-10-11-29-31(20-27)47-37(46-29)33-6-5-15-49(33)38(51)36(48-40(53)55-2)24-12-16-56-17-13-24;1-2-4-6-5-3-1/h8-11,18-22,24,33,36H,3-7,12-17,23H2,1-2H3,(H,41,50)(H,43,45)(H,44,52)(H,46,47)(H,48,53);1-5H2. The number of methoxy groups -OCH3 is 2. The second-order valence-electron chi connectivity index (χ2n) is 15.8. The molecular formula is C45H57N9O8. The highest BCUT2D eigenvalue weighted by atomic mass is 16.5. The summed E-state index contributed by atoms with van der Waals surface area (Å²) in [4.78, 5) is 72.2. The van der Waals surface area contributed by atoms with Gasteiger partial charge in [0.15, 0.2) is 0 Å². The molecule has 3 aliphatic rings. The molecule has 3 fully saturated rings. The number of alkyl carbamates (subject to hydrolysis) is 2. The van der Waals surface area contributed by atoms with Crippen molar-refractivity contribution in [2.24, 2.45) is 5.92 Å². The number of hydrogen-bond acceptors (Lipinski definition) is 11. The summed E-state index contributed by atoms with van der Waals surface area (Å²) in [6.45, 7) is 4.08. The van der Waals surface area contributed by atoms with Gasteiger partial charge in [0, 0.05) is 68.6 Å². The maximum absolute atomic E-state index is 14.0. The molecule has 2 unspecified atom stereocenters. The molecule has 62 heavy (non-hydrogen) atoms. The van der Waals surface area contributed by atoms with E-state index in [1.54, 1.807) is 0 Å². The molecule has 330 valence electrons. The summed E-state index contributed by atoms with van der Waals surface area (Å²) in [7, 11) is 2.55. The van der Waals surface area contributed by atoms with Crippen LogP contribution in [0.5, 0.6) is 0 Å². The van der Waals surface area contributed by atoms with Gasteiger partial charge in [-0.25, -0.2) is 19.6 Å². The Morgan fingerprint density at radius 3 is 2.35 bits per heavy atom. The molecule has 5 N–H and O–H groups in total. The molecule has 17 heteroatoms. The van der Waals surface area contributed by atoms with Gasteiger partial charge in [0.05, 0.1) is 55.4 Å². The van der Waals surface area contributed by atoms with Crippen molar-refractivity contribution in [1.82, 2.24) is 45.8 Å². The largest absolute Gasteiger partial charge is 0.453 e. The van der Waals surface area contributed by atoms with Crippen LogP contribution in [0.15, 0.2) is 54.9 Å². The summed E-state index contributed by atoms with van der Waals surface area (Å²) < 4.78 is 19.9. The number of nitrogens with zero attached hydrogens (tertiary/aromatic N) is 4. The second kappa shape index (κ2) is 21.6. The van der Waals surface area contributed by atoms with Crippen LogP contribution in [0.1, 0.15) is 75.5 Å². The average molecular weight is 852 g/mol. The summed E-state index contributed by atoms with van der Waals surface area (Å²) in [5.74, 6) is 1.17. The van der Waals surface area contributed by atoms with E-state index in [1.807, 2.05) is 35.5 Å². The first-order valence-corrected chi connectivity index (χ1v) is 21.6. The number of imidazole rings is 2.